The summed E-state index contributed by atoms with van der Waals surface area (Å²) < 4.78 is 45.1. The number of nitrogens with zero attached hydrogens (tertiary/aromatic N) is 1. The summed E-state index contributed by atoms with van der Waals surface area (Å²) in [6.45, 7) is 4.68. The van der Waals surface area contributed by atoms with Crippen LogP contribution in [0.4, 0.5) is 13.2 Å². The number of ether oxygens (including phenoxy) is 1. The van der Waals surface area contributed by atoms with E-state index >= 15 is 0 Å². The molecule has 0 N–H and O–H groups in total. The summed E-state index contributed by atoms with van der Waals surface area (Å²) in [5.74, 6) is 1.91. The van der Waals surface area contributed by atoms with Crippen molar-refractivity contribution in [2.45, 2.75) is 45.9 Å². The molecule has 0 amide bonds. The largest absolute Gasteiger partial charge is 0.482 e. The highest BCUT2D eigenvalue weighted by atomic mass is 19.4. The first-order chi connectivity index (χ1) is 12.5. The van der Waals surface area contributed by atoms with E-state index in [-0.39, 0.29) is 30.3 Å². The molecule has 0 fully saturated rings. The Hall–Kier alpha value is -2.56. The van der Waals surface area contributed by atoms with Crippen LogP contribution in [0.3, 0.4) is 0 Å². The summed E-state index contributed by atoms with van der Waals surface area (Å²) in [6, 6.07) is 0. The zero-order chi connectivity index (χ0) is 20.4. The van der Waals surface area contributed by atoms with Crippen molar-refractivity contribution >= 4 is 5.78 Å². The molecule has 0 spiro atoms. The molecule has 2 aliphatic carbocycles. The van der Waals surface area contributed by atoms with E-state index in [1.54, 1.807) is 13.8 Å². The fourth-order valence-corrected chi connectivity index (χ4v) is 3.02. The van der Waals surface area contributed by atoms with Gasteiger partial charge in [0.25, 0.3) is 0 Å². The molecule has 3 unspecified atom stereocenters. The van der Waals surface area contributed by atoms with Gasteiger partial charge in [-0.25, -0.2) is 0 Å². The maximum atomic E-state index is 13.1. The van der Waals surface area contributed by atoms with Crippen molar-refractivity contribution in [3.8, 4) is 11.8 Å². The quantitative estimate of drug-likeness (QED) is 0.316. The number of Topliss-reactive ketones (excluding diaryl/α,β-unsaturated/α-hetero) is 1. The van der Waals surface area contributed by atoms with Crippen LogP contribution in [0.25, 0.3) is 0 Å². The number of carbonyl (C=O) groups is 1. The van der Waals surface area contributed by atoms with E-state index in [0.717, 1.165) is 6.08 Å². The Balaban J connectivity index is 2.25. The highest BCUT2D eigenvalue weighted by molar-refractivity contribution is 5.82. The number of halogens is 3. The van der Waals surface area contributed by atoms with Gasteiger partial charge in [-0.15, -0.1) is 0 Å². The molecule has 2 aliphatic rings. The molecule has 146 valence electrons. The number of rotatable bonds is 4. The molecule has 0 bridgehead atoms. The standard InChI is InChI=1S/C19H20F3NO4/c1-11-8-15(19(20,21)22)4-7-18(12(11)2)27-17-6-5-16(23(25)26)9-14(10-17)13(3)24/h8-10,12,14-15,18H,4,7H2,1-3H3/t12?,14-,15?,18?/m1/s1. The zero-order valence-electron chi connectivity index (χ0n) is 15.2. The van der Waals surface area contributed by atoms with Crippen LogP contribution in [-0.2, 0) is 9.53 Å². The molecular formula is C19H20F3NO4. The van der Waals surface area contributed by atoms with Crippen LogP contribution in [-0.4, -0.2) is 23.0 Å². The molecule has 4 atom stereocenters. The zero-order valence-corrected chi connectivity index (χ0v) is 15.2. The number of carbonyl (C=O) groups excluding carboxylic acids is 1. The van der Waals surface area contributed by atoms with Gasteiger partial charge in [0.2, 0.25) is 0 Å². The molecule has 0 aromatic heterocycles. The number of ketones is 1. The lowest BCUT2D eigenvalue weighted by molar-refractivity contribution is -0.417. The number of nitro groups is 1. The lowest BCUT2D eigenvalue weighted by Crippen LogP contribution is -2.23. The molecule has 0 aliphatic heterocycles. The lowest BCUT2D eigenvalue weighted by atomic mass is 9.95. The second kappa shape index (κ2) is 7.99. The second-order valence-corrected chi connectivity index (χ2v) is 6.81. The maximum Gasteiger partial charge on any atom is 0.395 e. The number of hydrogen-bond donors (Lipinski definition) is 0. The Kier molecular flexibility index (Phi) is 6.14. The summed E-state index contributed by atoms with van der Waals surface area (Å²) in [5.41, 5.74) is 0.154. The van der Waals surface area contributed by atoms with Gasteiger partial charge in [-0.2, -0.15) is 13.2 Å². The fourth-order valence-electron chi connectivity index (χ4n) is 3.02. The van der Waals surface area contributed by atoms with E-state index in [4.69, 9.17) is 4.74 Å². The normalized spacial score (nSPS) is 28.4. The Labute approximate surface area is 155 Å². The smallest absolute Gasteiger partial charge is 0.395 e. The Morgan fingerprint density at radius 3 is 2.48 bits per heavy atom. The molecule has 5 nitrogen and oxygen atoms in total. The van der Waals surface area contributed by atoms with Crippen molar-refractivity contribution in [2.75, 3.05) is 0 Å². The van der Waals surface area contributed by atoms with E-state index in [2.05, 4.69) is 11.8 Å². The minimum Gasteiger partial charge on any atom is -0.482 e. The topological polar surface area (TPSA) is 69.4 Å². The summed E-state index contributed by atoms with van der Waals surface area (Å²) in [6.07, 6.45) is -1.10. The van der Waals surface area contributed by atoms with Gasteiger partial charge in [-0.3, -0.25) is 14.9 Å². The van der Waals surface area contributed by atoms with Crippen LogP contribution in [0.15, 0.2) is 35.3 Å². The van der Waals surface area contributed by atoms with Gasteiger partial charge in [0.15, 0.2) is 5.76 Å². The molecule has 0 aromatic carbocycles. The molecule has 0 aromatic rings. The average molecular weight is 383 g/mol. The van der Waals surface area contributed by atoms with E-state index < -0.39 is 34.7 Å². The number of allylic oxidation sites excluding steroid dienone is 5. The predicted octanol–water partition coefficient (Wildman–Crippen LogP) is 4.19. The minimum absolute atomic E-state index is 0.0680. The molecule has 27 heavy (non-hydrogen) atoms. The SMILES string of the molecule is CC(=O)[C@H]1C=C(OC2CCC(C(F)(F)F)C=C(C)C2C)C#CC([N+](=O)[O-])=C1. The summed E-state index contributed by atoms with van der Waals surface area (Å²) in [5, 5.41) is 11.0. The first-order valence-electron chi connectivity index (χ1n) is 8.51. The van der Waals surface area contributed by atoms with Crippen molar-refractivity contribution < 1.29 is 27.6 Å². The van der Waals surface area contributed by atoms with Gasteiger partial charge in [0, 0.05) is 17.9 Å². The van der Waals surface area contributed by atoms with Crippen LogP contribution in [0.5, 0.6) is 0 Å². The van der Waals surface area contributed by atoms with Crippen LogP contribution in [0, 0.1) is 39.7 Å². The van der Waals surface area contributed by atoms with Gasteiger partial charge >= 0.3 is 11.9 Å². The van der Waals surface area contributed by atoms with Crippen LogP contribution in [0.1, 0.15) is 33.6 Å². The third-order valence-electron chi connectivity index (χ3n) is 4.85. The number of hydrogen-bond acceptors (Lipinski definition) is 4. The first kappa shape index (κ1) is 20.7. The molecule has 0 saturated carbocycles. The Morgan fingerprint density at radius 2 is 1.93 bits per heavy atom. The van der Waals surface area contributed by atoms with E-state index in [9.17, 15) is 28.1 Å². The molecule has 2 rings (SSSR count). The van der Waals surface area contributed by atoms with E-state index in [1.165, 1.54) is 19.1 Å². The van der Waals surface area contributed by atoms with Gasteiger partial charge in [-0.05, 0) is 38.7 Å². The monoisotopic (exact) mass is 383 g/mol. The fraction of sp³-hybridized carbons (Fsp3) is 0.526. The Bertz CT molecular complexity index is 783. The van der Waals surface area contributed by atoms with Gasteiger partial charge in [0.1, 0.15) is 11.9 Å². The predicted molar refractivity (Wildman–Crippen MR) is 91.7 cm³/mol. The Morgan fingerprint density at radius 1 is 1.26 bits per heavy atom. The molecular weight excluding hydrogens is 363 g/mol. The third kappa shape index (κ3) is 5.22. The van der Waals surface area contributed by atoms with Crippen molar-refractivity contribution in [1.29, 1.82) is 0 Å². The van der Waals surface area contributed by atoms with Gasteiger partial charge < -0.3 is 4.74 Å². The molecule has 0 heterocycles. The third-order valence-corrected chi connectivity index (χ3v) is 4.85. The summed E-state index contributed by atoms with van der Waals surface area (Å²) in [4.78, 5) is 22.0. The lowest BCUT2D eigenvalue weighted by Gasteiger charge is -2.24. The van der Waals surface area contributed by atoms with Crippen molar-refractivity contribution in [2.24, 2.45) is 17.8 Å². The van der Waals surface area contributed by atoms with Gasteiger partial charge in [-0.1, -0.05) is 18.6 Å². The van der Waals surface area contributed by atoms with Crippen LogP contribution >= 0.6 is 0 Å². The van der Waals surface area contributed by atoms with Gasteiger partial charge in [0.05, 0.1) is 16.8 Å². The highest BCUT2D eigenvalue weighted by Crippen LogP contribution is 2.38. The summed E-state index contributed by atoms with van der Waals surface area (Å²) in [7, 11) is 0. The van der Waals surface area contributed by atoms with Crippen LogP contribution < -0.4 is 0 Å². The highest BCUT2D eigenvalue weighted by Gasteiger charge is 2.41. The van der Waals surface area contributed by atoms with E-state index in [0.29, 0.717) is 5.57 Å². The van der Waals surface area contributed by atoms with E-state index in [1.807, 2.05) is 0 Å². The molecule has 8 heteroatoms. The van der Waals surface area contributed by atoms with Crippen molar-refractivity contribution in [1.82, 2.24) is 0 Å². The molecule has 0 saturated heterocycles. The second-order valence-electron chi connectivity index (χ2n) is 6.81. The average Bonchev–Trinajstić information content (AvgIpc) is 2.85. The number of alkyl halides is 3. The maximum absolute atomic E-state index is 13.1. The molecule has 0 radical (unpaired) electrons. The summed E-state index contributed by atoms with van der Waals surface area (Å²) >= 11 is 0. The van der Waals surface area contributed by atoms with Crippen LogP contribution in [0.2, 0.25) is 0 Å². The van der Waals surface area contributed by atoms with Crippen molar-refractivity contribution in [3.63, 3.8) is 0 Å². The minimum atomic E-state index is -4.32. The van der Waals surface area contributed by atoms with Crippen molar-refractivity contribution in [3.05, 3.63) is 45.4 Å². The first-order valence-corrected chi connectivity index (χ1v) is 8.51.